The van der Waals surface area contributed by atoms with Gasteiger partial charge in [0.15, 0.2) is 11.6 Å². The van der Waals surface area contributed by atoms with E-state index in [9.17, 15) is 9.18 Å². The lowest BCUT2D eigenvalue weighted by Gasteiger charge is -2.19. The van der Waals surface area contributed by atoms with Crippen molar-refractivity contribution in [3.05, 3.63) is 52.8 Å². The number of hydrogen-bond acceptors (Lipinski definition) is 3. The molecule has 0 radical (unpaired) electrons. The summed E-state index contributed by atoms with van der Waals surface area (Å²) in [5.41, 5.74) is 1.34. The lowest BCUT2D eigenvalue weighted by molar-refractivity contribution is -0.117. The molecule has 0 spiro atoms. The number of methoxy groups -OCH3 is 1. The van der Waals surface area contributed by atoms with Crippen LogP contribution in [0.2, 0.25) is 0 Å². The van der Waals surface area contributed by atoms with Gasteiger partial charge in [0.25, 0.3) is 0 Å². The number of benzene rings is 2. The topological polar surface area (TPSA) is 41.6 Å². The minimum absolute atomic E-state index is 0.0290. The number of nitrogens with zero attached hydrogens (tertiary/aromatic N) is 1. The molecule has 0 saturated carbocycles. The number of nitrogens with one attached hydrogen (secondary N) is 1. The molecule has 3 rings (SSSR count). The lowest BCUT2D eigenvalue weighted by atomic mass is 10.2. The summed E-state index contributed by atoms with van der Waals surface area (Å²) in [6, 6.07) is 11.8. The van der Waals surface area contributed by atoms with Crippen LogP contribution in [0.3, 0.4) is 0 Å². The van der Waals surface area contributed by atoms with E-state index in [1.165, 1.54) is 13.2 Å². The van der Waals surface area contributed by atoms with Crippen LogP contribution >= 0.6 is 15.9 Å². The Balaban J connectivity index is 0.00000109. The fourth-order valence-electron chi connectivity index (χ4n) is 2.71. The Labute approximate surface area is 156 Å². The van der Waals surface area contributed by atoms with E-state index in [1.807, 2.05) is 38.1 Å². The summed E-state index contributed by atoms with van der Waals surface area (Å²) in [6.45, 7) is 4.62. The maximum Gasteiger partial charge on any atom is 0.249 e. The molecule has 1 atom stereocenters. The summed E-state index contributed by atoms with van der Waals surface area (Å²) >= 11 is 3.38. The lowest BCUT2D eigenvalue weighted by Crippen LogP contribution is -2.33. The summed E-state index contributed by atoms with van der Waals surface area (Å²) in [5.74, 6) is -0.353. The molecule has 25 heavy (non-hydrogen) atoms. The van der Waals surface area contributed by atoms with Crippen molar-refractivity contribution in [2.45, 2.75) is 26.3 Å². The average molecular weight is 409 g/mol. The molecule has 134 valence electrons. The zero-order valence-corrected chi connectivity index (χ0v) is 16.1. The molecule has 1 unspecified atom stereocenters. The number of para-hydroxylation sites is 1. The summed E-state index contributed by atoms with van der Waals surface area (Å²) in [5, 5.41) is 3.10. The number of halogens is 2. The van der Waals surface area contributed by atoms with Crippen molar-refractivity contribution in [3.63, 3.8) is 0 Å². The maximum atomic E-state index is 13.7. The Morgan fingerprint density at radius 2 is 1.88 bits per heavy atom. The fourth-order valence-corrected chi connectivity index (χ4v) is 2.97. The largest absolute Gasteiger partial charge is 0.492 e. The zero-order chi connectivity index (χ0) is 18.4. The second-order valence-corrected chi connectivity index (χ2v) is 6.19. The van der Waals surface area contributed by atoms with Crippen molar-refractivity contribution >= 4 is 33.2 Å². The van der Waals surface area contributed by atoms with Crippen LogP contribution in [0.25, 0.3) is 0 Å². The molecule has 0 bridgehead atoms. The summed E-state index contributed by atoms with van der Waals surface area (Å²) in [4.78, 5) is 14.3. The van der Waals surface area contributed by atoms with Gasteiger partial charge < -0.3 is 15.0 Å². The monoisotopic (exact) mass is 408 g/mol. The summed E-state index contributed by atoms with van der Waals surface area (Å²) in [6.07, 6.45) is 0.647. The van der Waals surface area contributed by atoms with Gasteiger partial charge in [0.1, 0.15) is 6.04 Å². The van der Waals surface area contributed by atoms with Crippen LogP contribution in [-0.2, 0) is 4.79 Å². The third-order valence-electron chi connectivity index (χ3n) is 3.84. The van der Waals surface area contributed by atoms with Gasteiger partial charge in [-0.15, -0.1) is 0 Å². The first-order valence-corrected chi connectivity index (χ1v) is 9.05. The third-order valence-corrected chi connectivity index (χ3v) is 4.37. The van der Waals surface area contributed by atoms with Gasteiger partial charge in [0.05, 0.1) is 12.8 Å². The SMILES string of the molecule is CC.COc1c(F)cccc1NC1CCN(c2ccc(Br)cc2)C1=O. The molecule has 1 N–H and O–H groups in total. The van der Waals surface area contributed by atoms with E-state index in [4.69, 9.17) is 4.74 Å². The molecule has 6 heteroatoms. The summed E-state index contributed by atoms with van der Waals surface area (Å²) < 4.78 is 19.8. The molecule has 4 nitrogen and oxygen atoms in total. The number of carbonyl (C=O) groups excluding carboxylic acids is 1. The van der Waals surface area contributed by atoms with E-state index in [0.29, 0.717) is 18.7 Å². The fraction of sp³-hybridized carbons (Fsp3) is 0.316. The van der Waals surface area contributed by atoms with Gasteiger partial charge >= 0.3 is 0 Å². The van der Waals surface area contributed by atoms with Crippen LogP contribution in [0, 0.1) is 5.82 Å². The average Bonchev–Trinajstić information content (AvgIpc) is 2.98. The van der Waals surface area contributed by atoms with E-state index in [0.717, 1.165) is 10.2 Å². The second-order valence-electron chi connectivity index (χ2n) is 5.27. The molecular weight excluding hydrogens is 387 g/mol. The van der Waals surface area contributed by atoms with Crippen LogP contribution < -0.4 is 15.0 Å². The molecule has 1 aliphatic heterocycles. The maximum absolute atomic E-state index is 13.7. The highest BCUT2D eigenvalue weighted by Crippen LogP contribution is 2.30. The molecule has 0 aliphatic carbocycles. The van der Waals surface area contributed by atoms with Gasteiger partial charge in [-0.2, -0.15) is 0 Å². The van der Waals surface area contributed by atoms with Crippen molar-refractivity contribution in [3.8, 4) is 5.75 Å². The van der Waals surface area contributed by atoms with Crippen LogP contribution in [0.1, 0.15) is 20.3 Å². The number of anilines is 2. The highest BCUT2D eigenvalue weighted by Gasteiger charge is 2.33. The molecule has 1 heterocycles. The molecule has 1 saturated heterocycles. The van der Waals surface area contributed by atoms with E-state index in [1.54, 1.807) is 17.0 Å². The highest BCUT2D eigenvalue weighted by molar-refractivity contribution is 9.10. The van der Waals surface area contributed by atoms with Crippen LogP contribution in [-0.4, -0.2) is 25.6 Å². The first-order valence-electron chi connectivity index (χ1n) is 8.26. The summed E-state index contributed by atoms with van der Waals surface area (Å²) in [7, 11) is 1.41. The molecule has 0 aromatic heterocycles. The molecule has 2 aromatic carbocycles. The van der Waals surface area contributed by atoms with Crippen molar-refractivity contribution in [1.82, 2.24) is 0 Å². The van der Waals surface area contributed by atoms with Crippen LogP contribution in [0.15, 0.2) is 46.9 Å². The predicted octanol–water partition coefficient (Wildman–Crippen LogP) is 4.84. The van der Waals surface area contributed by atoms with Gasteiger partial charge in [-0.05, 0) is 42.8 Å². The first-order chi connectivity index (χ1) is 12.1. The minimum Gasteiger partial charge on any atom is -0.492 e. The van der Waals surface area contributed by atoms with Crippen LogP contribution in [0.5, 0.6) is 5.75 Å². The van der Waals surface area contributed by atoms with Gasteiger partial charge in [-0.1, -0.05) is 35.8 Å². The van der Waals surface area contributed by atoms with E-state index in [-0.39, 0.29) is 11.7 Å². The van der Waals surface area contributed by atoms with Gasteiger partial charge in [0, 0.05) is 16.7 Å². The van der Waals surface area contributed by atoms with E-state index in [2.05, 4.69) is 21.2 Å². The van der Waals surface area contributed by atoms with Crippen molar-refractivity contribution in [1.29, 1.82) is 0 Å². The van der Waals surface area contributed by atoms with Crippen LogP contribution in [0.4, 0.5) is 15.8 Å². The predicted molar refractivity (Wildman–Crippen MR) is 103 cm³/mol. The van der Waals surface area contributed by atoms with Gasteiger partial charge in [0.2, 0.25) is 5.91 Å². The molecule has 1 amide bonds. The Kier molecular flexibility index (Phi) is 6.82. The van der Waals surface area contributed by atoms with E-state index >= 15 is 0 Å². The zero-order valence-electron chi connectivity index (χ0n) is 14.6. The van der Waals surface area contributed by atoms with Gasteiger partial charge in [-0.3, -0.25) is 4.79 Å². The number of rotatable bonds is 4. The quantitative estimate of drug-likeness (QED) is 0.786. The third kappa shape index (κ3) is 4.31. The van der Waals surface area contributed by atoms with E-state index < -0.39 is 11.9 Å². The minimum atomic E-state index is -0.451. The number of ether oxygens (including phenoxy) is 1. The normalized spacial score (nSPS) is 16.3. The van der Waals surface area contributed by atoms with Crippen molar-refractivity contribution < 1.29 is 13.9 Å². The molecular formula is C19H22BrFN2O2. The number of hydrogen-bond donors (Lipinski definition) is 1. The standard InChI is InChI=1S/C17H16BrFN2O2.C2H6/c1-23-16-13(19)3-2-4-14(16)20-15-9-10-21(17(15)22)12-7-5-11(18)6-8-12;1-2/h2-8,15,20H,9-10H2,1H3;1-2H3. The second kappa shape index (κ2) is 8.85. The molecule has 1 fully saturated rings. The van der Waals surface area contributed by atoms with Gasteiger partial charge in [-0.25, -0.2) is 4.39 Å². The Bertz CT molecular complexity index is 722. The molecule has 2 aromatic rings. The highest BCUT2D eigenvalue weighted by atomic mass is 79.9. The Morgan fingerprint density at radius 3 is 2.52 bits per heavy atom. The van der Waals surface area contributed by atoms with Crippen molar-refractivity contribution in [2.24, 2.45) is 0 Å². The molecule has 1 aliphatic rings. The Morgan fingerprint density at radius 1 is 1.20 bits per heavy atom. The first kappa shape index (κ1) is 19.2. The smallest absolute Gasteiger partial charge is 0.249 e. The Hall–Kier alpha value is -2.08. The number of carbonyl (C=O) groups is 1. The van der Waals surface area contributed by atoms with Crippen molar-refractivity contribution in [2.75, 3.05) is 23.9 Å². The number of amides is 1.